The Morgan fingerprint density at radius 3 is 2.39 bits per heavy atom. The van der Waals surface area contributed by atoms with Gasteiger partial charge < -0.3 is 15.2 Å². The number of benzene rings is 3. The van der Waals surface area contributed by atoms with Gasteiger partial charge in [-0.3, -0.25) is 4.79 Å². The minimum Gasteiger partial charge on any atom is -0.545 e. The number of hydrogen-bond acceptors (Lipinski definition) is 3. The number of aromatic carboxylic acids is 1. The molecule has 4 nitrogen and oxygen atoms in total. The maximum absolute atomic E-state index is 12.4. The van der Waals surface area contributed by atoms with E-state index in [0.717, 1.165) is 10.8 Å². The van der Waals surface area contributed by atoms with Gasteiger partial charge in [0.2, 0.25) is 0 Å². The average Bonchev–Trinajstić information content (AvgIpc) is 2.55. The van der Waals surface area contributed by atoms with Crippen molar-refractivity contribution < 1.29 is 14.7 Å². The fourth-order valence-electron chi connectivity index (χ4n) is 2.32. The zero-order valence-electron chi connectivity index (χ0n) is 11.9. The van der Waals surface area contributed by atoms with E-state index in [-0.39, 0.29) is 17.2 Å². The van der Waals surface area contributed by atoms with Crippen molar-refractivity contribution >= 4 is 44.3 Å². The number of rotatable bonds is 3. The lowest BCUT2D eigenvalue weighted by Crippen LogP contribution is -2.25. The Morgan fingerprint density at radius 2 is 1.65 bits per heavy atom. The Labute approximate surface area is 140 Å². The van der Waals surface area contributed by atoms with Crippen LogP contribution in [-0.2, 0) is 0 Å². The van der Waals surface area contributed by atoms with Crippen molar-refractivity contribution in [1.29, 1.82) is 0 Å². The minimum atomic E-state index is -1.35. The predicted molar refractivity (Wildman–Crippen MR) is 90.4 cm³/mol. The number of carboxylic acids is 1. The highest BCUT2D eigenvalue weighted by Gasteiger charge is 2.11. The van der Waals surface area contributed by atoms with E-state index in [4.69, 9.17) is 0 Å². The van der Waals surface area contributed by atoms with Crippen molar-refractivity contribution in [2.45, 2.75) is 0 Å². The molecule has 0 radical (unpaired) electrons. The highest BCUT2D eigenvalue weighted by molar-refractivity contribution is 9.10. The van der Waals surface area contributed by atoms with Crippen LogP contribution in [0, 0.1) is 0 Å². The first-order valence-electron chi connectivity index (χ1n) is 6.85. The van der Waals surface area contributed by atoms with E-state index in [1.807, 2.05) is 30.3 Å². The zero-order valence-corrected chi connectivity index (χ0v) is 13.5. The summed E-state index contributed by atoms with van der Waals surface area (Å²) in [5, 5.41) is 15.8. The van der Waals surface area contributed by atoms with Crippen molar-refractivity contribution in [1.82, 2.24) is 0 Å². The minimum absolute atomic E-state index is 0.0754. The van der Waals surface area contributed by atoms with Crippen molar-refractivity contribution in [2.75, 3.05) is 5.32 Å². The van der Waals surface area contributed by atoms with Crippen molar-refractivity contribution in [2.24, 2.45) is 0 Å². The number of halogens is 1. The molecule has 1 amide bonds. The molecule has 0 atom stereocenters. The second kappa shape index (κ2) is 6.22. The summed E-state index contributed by atoms with van der Waals surface area (Å²) in [6.07, 6.45) is 0. The number of fused-ring (bicyclic) bond motifs is 1. The molecule has 23 heavy (non-hydrogen) atoms. The van der Waals surface area contributed by atoms with E-state index in [0.29, 0.717) is 10.0 Å². The Morgan fingerprint density at radius 1 is 0.913 bits per heavy atom. The topological polar surface area (TPSA) is 69.2 Å². The second-order valence-corrected chi connectivity index (χ2v) is 5.91. The van der Waals surface area contributed by atoms with Gasteiger partial charge in [-0.25, -0.2) is 0 Å². The first kappa shape index (κ1) is 15.2. The summed E-state index contributed by atoms with van der Waals surface area (Å²) in [4.78, 5) is 23.6. The fraction of sp³-hybridized carbons (Fsp3) is 0. The molecule has 0 aliphatic heterocycles. The molecule has 0 fully saturated rings. The normalized spacial score (nSPS) is 10.5. The lowest BCUT2D eigenvalue weighted by atomic mass is 10.1. The van der Waals surface area contributed by atoms with Crippen molar-refractivity contribution in [3.8, 4) is 0 Å². The summed E-state index contributed by atoms with van der Waals surface area (Å²) < 4.78 is 0.598. The number of carbonyl (C=O) groups excluding carboxylic acids is 2. The van der Waals surface area contributed by atoms with Gasteiger partial charge in [-0.2, -0.15) is 0 Å². The highest BCUT2D eigenvalue weighted by Crippen LogP contribution is 2.22. The SMILES string of the molecule is O=C(Nc1ccc(Br)cc1C(=O)[O-])c1ccc2ccccc2c1. The Kier molecular flexibility index (Phi) is 4.12. The van der Waals surface area contributed by atoms with Crippen LogP contribution >= 0.6 is 15.9 Å². The summed E-state index contributed by atoms with van der Waals surface area (Å²) in [5.74, 6) is -1.72. The number of nitrogens with one attached hydrogen (secondary N) is 1. The number of amides is 1. The first-order valence-corrected chi connectivity index (χ1v) is 7.65. The molecule has 0 aliphatic rings. The van der Waals surface area contributed by atoms with Gasteiger partial charge >= 0.3 is 0 Å². The van der Waals surface area contributed by atoms with E-state index < -0.39 is 5.97 Å². The molecule has 3 aromatic carbocycles. The standard InChI is InChI=1S/C18H12BrNO3/c19-14-7-8-16(15(10-14)18(22)23)20-17(21)13-6-5-11-3-1-2-4-12(11)9-13/h1-10H,(H,20,21)(H,22,23)/p-1. The molecule has 1 N–H and O–H groups in total. The molecule has 5 heteroatoms. The average molecular weight is 369 g/mol. The molecule has 0 heterocycles. The van der Waals surface area contributed by atoms with Crippen molar-refractivity contribution in [3.05, 3.63) is 76.3 Å². The van der Waals surface area contributed by atoms with E-state index in [1.165, 1.54) is 12.1 Å². The summed E-state index contributed by atoms with van der Waals surface area (Å²) in [7, 11) is 0. The third-order valence-corrected chi connectivity index (χ3v) is 3.95. The maximum atomic E-state index is 12.4. The van der Waals surface area contributed by atoms with Crippen LogP contribution in [0.3, 0.4) is 0 Å². The smallest absolute Gasteiger partial charge is 0.255 e. The van der Waals surface area contributed by atoms with E-state index in [2.05, 4.69) is 21.2 Å². The van der Waals surface area contributed by atoms with Gasteiger partial charge in [0.1, 0.15) is 0 Å². The van der Waals surface area contributed by atoms with Crippen LogP contribution in [0.2, 0.25) is 0 Å². The van der Waals surface area contributed by atoms with Crippen LogP contribution in [0.5, 0.6) is 0 Å². The Balaban J connectivity index is 1.93. The van der Waals surface area contributed by atoms with Gasteiger partial charge in [-0.05, 0) is 41.1 Å². The molecule has 0 saturated heterocycles. The highest BCUT2D eigenvalue weighted by atomic mass is 79.9. The van der Waals surface area contributed by atoms with Crippen LogP contribution < -0.4 is 10.4 Å². The summed E-state index contributed by atoms with van der Waals surface area (Å²) in [6.45, 7) is 0. The molecule has 3 rings (SSSR count). The zero-order chi connectivity index (χ0) is 16.4. The molecule has 0 spiro atoms. The van der Waals surface area contributed by atoms with Gasteiger partial charge in [-0.15, -0.1) is 0 Å². The maximum Gasteiger partial charge on any atom is 0.255 e. The molecular formula is C18H11BrNO3-. The van der Waals surface area contributed by atoms with Crippen LogP contribution in [0.4, 0.5) is 5.69 Å². The van der Waals surface area contributed by atoms with Gasteiger partial charge in [0.25, 0.3) is 5.91 Å². The molecule has 114 valence electrons. The Hall–Kier alpha value is -2.66. The second-order valence-electron chi connectivity index (χ2n) is 4.99. The number of carboxylic acid groups (broad SMARTS) is 1. The van der Waals surface area contributed by atoms with Crippen LogP contribution in [0.1, 0.15) is 20.7 Å². The van der Waals surface area contributed by atoms with Gasteiger partial charge in [-0.1, -0.05) is 46.3 Å². The van der Waals surface area contributed by atoms with Crippen molar-refractivity contribution in [3.63, 3.8) is 0 Å². The van der Waals surface area contributed by atoms with E-state index >= 15 is 0 Å². The number of hydrogen-bond donors (Lipinski definition) is 1. The molecule has 0 aliphatic carbocycles. The molecule has 3 aromatic rings. The Bertz CT molecular complexity index is 921. The third kappa shape index (κ3) is 3.24. The summed E-state index contributed by atoms with van der Waals surface area (Å²) in [6, 6.07) is 17.6. The van der Waals surface area contributed by atoms with Gasteiger partial charge in [0.05, 0.1) is 11.7 Å². The molecule has 0 saturated carbocycles. The molecule has 0 unspecified atom stereocenters. The summed E-state index contributed by atoms with van der Waals surface area (Å²) in [5.41, 5.74) is 0.579. The number of carbonyl (C=O) groups is 2. The lowest BCUT2D eigenvalue weighted by molar-refractivity contribution is -0.254. The summed E-state index contributed by atoms with van der Waals surface area (Å²) >= 11 is 3.20. The molecule has 0 bridgehead atoms. The monoisotopic (exact) mass is 368 g/mol. The lowest BCUT2D eigenvalue weighted by Gasteiger charge is -2.12. The van der Waals surface area contributed by atoms with Crippen LogP contribution in [0.15, 0.2) is 65.1 Å². The van der Waals surface area contributed by atoms with Gasteiger partial charge in [0.15, 0.2) is 0 Å². The third-order valence-electron chi connectivity index (χ3n) is 3.46. The van der Waals surface area contributed by atoms with Crippen LogP contribution in [0.25, 0.3) is 10.8 Å². The van der Waals surface area contributed by atoms with E-state index in [9.17, 15) is 14.7 Å². The van der Waals surface area contributed by atoms with E-state index in [1.54, 1.807) is 18.2 Å². The largest absolute Gasteiger partial charge is 0.545 e. The van der Waals surface area contributed by atoms with Crippen LogP contribution in [-0.4, -0.2) is 11.9 Å². The fourth-order valence-corrected chi connectivity index (χ4v) is 2.68. The number of anilines is 1. The van der Waals surface area contributed by atoms with Gasteiger partial charge in [0, 0.05) is 15.6 Å². The molecule has 0 aromatic heterocycles. The quantitative estimate of drug-likeness (QED) is 0.771. The predicted octanol–water partition coefficient (Wildman–Crippen LogP) is 3.22. The first-order chi connectivity index (χ1) is 11.0. The molecular weight excluding hydrogens is 358 g/mol.